The molecule has 14 heavy (non-hydrogen) atoms. The van der Waals surface area contributed by atoms with Crippen molar-refractivity contribution in [3.8, 4) is 0 Å². The van der Waals surface area contributed by atoms with Gasteiger partial charge in [0.15, 0.2) is 0 Å². The summed E-state index contributed by atoms with van der Waals surface area (Å²) in [7, 11) is 0. The fourth-order valence-corrected chi connectivity index (χ4v) is 1.12. The molecule has 0 bridgehead atoms. The van der Waals surface area contributed by atoms with E-state index >= 15 is 0 Å². The molecule has 2 unspecified atom stereocenters. The van der Waals surface area contributed by atoms with Gasteiger partial charge in [-0.3, -0.25) is 0 Å². The quantitative estimate of drug-likeness (QED) is 0.507. The van der Waals surface area contributed by atoms with Gasteiger partial charge in [-0.25, -0.2) is 4.39 Å². The van der Waals surface area contributed by atoms with Gasteiger partial charge >= 0.3 is 0 Å². The van der Waals surface area contributed by atoms with Gasteiger partial charge in [0, 0.05) is 17.8 Å². The Labute approximate surface area is 81.0 Å². The molecular weight excluding hydrogens is 187 g/mol. The van der Waals surface area contributed by atoms with Crippen LogP contribution >= 0.6 is 0 Å². The van der Waals surface area contributed by atoms with Crippen molar-refractivity contribution in [1.82, 2.24) is 0 Å². The third-order valence-corrected chi connectivity index (χ3v) is 1.95. The molecule has 0 saturated carbocycles. The predicted octanol–water partition coefficient (Wildman–Crippen LogP) is -0.239. The van der Waals surface area contributed by atoms with Crippen LogP contribution in [0, 0.1) is 5.82 Å². The molecule has 4 nitrogen and oxygen atoms in total. The van der Waals surface area contributed by atoms with E-state index in [0.29, 0.717) is 0 Å². The second-order valence-electron chi connectivity index (χ2n) is 3.03. The lowest BCUT2D eigenvalue weighted by atomic mass is 10.0. The molecule has 0 radical (unpaired) electrons. The van der Waals surface area contributed by atoms with Crippen LogP contribution in [0.1, 0.15) is 11.7 Å². The lowest BCUT2D eigenvalue weighted by Gasteiger charge is -2.16. The van der Waals surface area contributed by atoms with Crippen molar-refractivity contribution in [2.24, 2.45) is 5.73 Å². The zero-order valence-corrected chi connectivity index (χ0v) is 7.52. The third-order valence-electron chi connectivity index (χ3n) is 1.95. The molecule has 0 aliphatic rings. The SMILES string of the molecule is NCC(O)C(O)c1ccc(N)cc1F. The van der Waals surface area contributed by atoms with Gasteiger partial charge in [-0.1, -0.05) is 6.07 Å². The molecule has 0 fully saturated rings. The molecule has 0 spiro atoms. The summed E-state index contributed by atoms with van der Waals surface area (Å²) in [5.41, 5.74) is 10.7. The summed E-state index contributed by atoms with van der Waals surface area (Å²) < 4.78 is 13.2. The van der Waals surface area contributed by atoms with Crippen LogP contribution in [-0.2, 0) is 0 Å². The Bertz CT molecular complexity index is 320. The Balaban J connectivity index is 2.95. The number of hydrogen-bond donors (Lipinski definition) is 4. The van der Waals surface area contributed by atoms with Crippen LogP contribution in [-0.4, -0.2) is 22.9 Å². The van der Waals surface area contributed by atoms with Crippen LogP contribution in [0.5, 0.6) is 0 Å². The second kappa shape index (κ2) is 4.36. The number of halogens is 1. The number of nitrogens with two attached hydrogens (primary N) is 2. The number of hydrogen-bond acceptors (Lipinski definition) is 4. The van der Waals surface area contributed by atoms with Crippen molar-refractivity contribution >= 4 is 5.69 Å². The van der Waals surface area contributed by atoms with Gasteiger partial charge in [0.2, 0.25) is 0 Å². The van der Waals surface area contributed by atoms with Crippen LogP contribution in [0.3, 0.4) is 0 Å². The van der Waals surface area contributed by atoms with Gasteiger partial charge in [0.1, 0.15) is 11.9 Å². The van der Waals surface area contributed by atoms with Crippen molar-refractivity contribution < 1.29 is 14.6 Å². The summed E-state index contributed by atoms with van der Waals surface area (Å²) in [6.07, 6.45) is -2.49. The first-order valence-electron chi connectivity index (χ1n) is 4.17. The standard InChI is InChI=1S/C9H13FN2O2/c10-7-3-5(12)1-2-6(7)9(14)8(13)4-11/h1-3,8-9,13-14H,4,11-12H2. The second-order valence-corrected chi connectivity index (χ2v) is 3.03. The van der Waals surface area contributed by atoms with E-state index in [2.05, 4.69) is 0 Å². The fraction of sp³-hybridized carbons (Fsp3) is 0.333. The molecular formula is C9H13FN2O2. The Morgan fingerprint density at radius 2 is 2.00 bits per heavy atom. The lowest BCUT2D eigenvalue weighted by Crippen LogP contribution is -2.27. The summed E-state index contributed by atoms with van der Waals surface area (Å²) in [6, 6.07) is 3.86. The summed E-state index contributed by atoms with van der Waals surface area (Å²) in [4.78, 5) is 0. The minimum Gasteiger partial charge on any atom is -0.399 e. The smallest absolute Gasteiger partial charge is 0.131 e. The van der Waals surface area contributed by atoms with Crippen LogP contribution in [0.2, 0.25) is 0 Å². The molecule has 0 amide bonds. The zero-order valence-electron chi connectivity index (χ0n) is 7.52. The van der Waals surface area contributed by atoms with E-state index in [1.165, 1.54) is 12.1 Å². The fourth-order valence-electron chi connectivity index (χ4n) is 1.12. The molecule has 1 aromatic rings. The van der Waals surface area contributed by atoms with Gasteiger partial charge in [-0.2, -0.15) is 0 Å². The van der Waals surface area contributed by atoms with Crippen LogP contribution in [0.15, 0.2) is 18.2 Å². The van der Waals surface area contributed by atoms with Crippen LogP contribution < -0.4 is 11.5 Å². The lowest BCUT2D eigenvalue weighted by molar-refractivity contribution is 0.0222. The number of nitrogen functional groups attached to an aromatic ring is 1. The number of aliphatic hydroxyl groups excluding tert-OH is 2. The van der Waals surface area contributed by atoms with Gasteiger partial charge < -0.3 is 21.7 Å². The largest absolute Gasteiger partial charge is 0.399 e. The Hall–Kier alpha value is -1.17. The number of rotatable bonds is 3. The first kappa shape index (κ1) is 10.9. The van der Waals surface area contributed by atoms with Gasteiger partial charge in [0.05, 0.1) is 6.10 Å². The molecule has 1 aromatic carbocycles. The summed E-state index contributed by atoms with van der Waals surface area (Å²) in [6.45, 7) is -0.134. The van der Waals surface area contributed by atoms with E-state index in [9.17, 15) is 14.6 Å². The summed E-state index contributed by atoms with van der Waals surface area (Å²) in [5, 5.41) is 18.7. The molecule has 5 heteroatoms. The van der Waals surface area contributed by atoms with Gasteiger partial charge in [0.25, 0.3) is 0 Å². The minimum atomic E-state index is -1.32. The van der Waals surface area contributed by atoms with Crippen LogP contribution in [0.4, 0.5) is 10.1 Å². The van der Waals surface area contributed by atoms with E-state index in [0.717, 1.165) is 6.07 Å². The molecule has 0 saturated heterocycles. The van der Waals surface area contributed by atoms with Crippen molar-refractivity contribution in [2.75, 3.05) is 12.3 Å². The van der Waals surface area contributed by atoms with Crippen molar-refractivity contribution in [3.05, 3.63) is 29.6 Å². The highest BCUT2D eigenvalue weighted by atomic mass is 19.1. The summed E-state index contributed by atoms with van der Waals surface area (Å²) >= 11 is 0. The molecule has 78 valence electrons. The normalized spacial score (nSPS) is 15.1. The molecule has 0 aromatic heterocycles. The number of anilines is 1. The summed E-state index contributed by atoms with van der Waals surface area (Å²) in [5.74, 6) is -0.648. The van der Waals surface area contributed by atoms with Crippen molar-refractivity contribution in [1.29, 1.82) is 0 Å². The molecule has 0 heterocycles. The maximum Gasteiger partial charge on any atom is 0.131 e. The van der Waals surface area contributed by atoms with Crippen molar-refractivity contribution in [2.45, 2.75) is 12.2 Å². The van der Waals surface area contributed by atoms with E-state index in [4.69, 9.17) is 11.5 Å². The third kappa shape index (κ3) is 2.20. The minimum absolute atomic E-state index is 0.00264. The highest BCUT2D eigenvalue weighted by Crippen LogP contribution is 2.21. The van der Waals surface area contributed by atoms with Gasteiger partial charge in [-0.15, -0.1) is 0 Å². The molecule has 1 rings (SSSR count). The van der Waals surface area contributed by atoms with E-state index < -0.39 is 18.0 Å². The van der Waals surface area contributed by atoms with E-state index in [-0.39, 0.29) is 17.8 Å². The predicted molar refractivity (Wildman–Crippen MR) is 50.8 cm³/mol. The highest BCUT2D eigenvalue weighted by molar-refractivity contribution is 5.41. The first-order valence-corrected chi connectivity index (χ1v) is 4.17. The van der Waals surface area contributed by atoms with E-state index in [1.807, 2.05) is 0 Å². The Kier molecular flexibility index (Phi) is 3.40. The molecule has 0 aliphatic carbocycles. The van der Waals surface area contributed by atoms with Gasteiger partial charge in [-0.05, 0) is 12.1 Å². The molecule has 0 aliphatic heterocycles. The van der Waals surface area contributed by atoms with E-state index in [1.54, 1.807) is 0 Å². The average Bonchev–Trinajstić information content (AvgIpc) is 2.15. The molecule has 2 atom stereocenters. The molecule has 6 N–H and O–H groups in total. The monoisotopic (exact) mass is 200 g/mol. The number of aliphatic hydroxyl groups is 2. The topological polar surface area (TPSA) is 92.5 Å². The maximum absolute atomic E-state index is 13.2. The number of benzene rings is 1. The zero-order chi connectivity index (χ0) is 10.7. The van der Waals surface area contributed by atoms with Crippen LogP contribution in [0.25, 0.3) is 0 Å². The maximum atomic E-state index is 13.2. The first-order chi connectivity index (χ1) is 6.56. The highest BCUT2D eigenvalue weighted by Gasteiger charge is 2.19. The Morgan fingerprint density at radius 1 is 1.36 bits per heavy atom. The Morgan fingerprint density at radius 3 is 2.50 bits per heavy atom. The van der Waals surface area contributed by atoms with Crippen molar-refractivity contribution in [3.63, 3.8) is 0 Å². The average molecular weight is 200 g/mol.